The third kappa shape index (κ3) is 7.50. The maximum Gasteiger partial charge on any atom is 0.304 e. The van der Waals surface area contributed by atoms with Gasteiger partial charge in [0.15, 0.2) is 0 Å². The normalized spacial score (nSPS) is 12.8. The van der Waals surface area contributed by atoms with Crippen molar-refractivity contribution in [1.82, 2.24) is 5.32 Å². The van der Waals surface area contributed by atoms with Gasteiger partial charge in [0.1, 0.15) is 0 Å². The van der Waals surface area contributed by atoms with Crippen LogP contribution in [0.3, 0.4) is 0 Å². The van der Waals surface area contributed by atoms with Crippen LogP contribution in [0.5, 0.6) is 0 Å². The number of hydrogen-bond acceptors (Lipinski definition) is 3. The zero-order chi connectivity index (χ0) is 9.40. The number of nitrogens with one attached hydrogen (secondary N) is 1. The van der Waals surface area contributed by atoms with Crippen LogP contribution in [-0.4, -0.2) is 35.4 Å². The lowest BCUT2D eigenvalue weighted by Crippen LogP contribution is -2.28. The number of aliphatic hydroxyl groups excluding tert-OH is 1. The summed E-state index contributed by atoms with van der Waals surface area (Å²) in [4.78, 5) is 10.1. The average molecular weight is 175 g/mol. The van der Waals surface area contributed by atoms with Gasteiger partial charge < -0.3 is 15.5 Å². The molecule has 72 valence electrons. The zero-order valence-electron chi connectivity index (χ0n) is 7.42. The summed E-state index contributed by atoms with van der Waals surface area (Å²) in [5.41, 5.74) is 0. The Balaban J connectivity index is 3.13. The van der Waals surface area contributed by atoms with Crippen molar-refractivity contribution >= 4 is 5.97 Å². The van der Waals surface area contributed by atoms with Crippen LogP contribution in [-0.2, 0) is 4.79 Å². The van der Waals surface area contributed by atoms with Gasteiger partial charge in [-0.15, -0.1) is 0 Å². The van der Waals surface area contributed by atoms with Crippen LogP contribution in [0.1, 0.15) is 26.2 Å². The third-order valence-corrected chi connectivity index (χ3v) is 1.52. The Kier molecular flexibility index (Phi) is 6.70. The fourth-order valence-electron chi connectivity index (χ4n) is 0.899. The highest BCUT2D eigenvalue weighted by molar-refractivity contribution is 5.66. The van der Waals surface area contributed by atoms with Crippen LogP contribution in [0, 0.1) is 0 Å². The summed E-state index contributed by atoms with van der Waals surface area (Å²) in [6.45, 7) is 2.91. The molecule has 0 spiro atoms. The predicted molar refractivity (Wildman–Crippen MR) is 46.0 cm³/mol. The Hall–Kier alpha value is -0.610. The van der Waals surface area contributed by atoms with E-state index in [9.17, 15) is 9.90 Å². The Bertz CT molecular complexity index is 127. The number of carboxylic acids is 1. The first kappa shape index (κ1) is 11.4. The van der Waals surface area contributed by atoms with Crippen LogP contribution in [0.2, 0.25) is 0 Å². The van der Waals surface area contributed by atoms with E-state index in [0.717, 1.165) is 12.8 Å². The molecular formula is C8H17NO3. The van der Waals surface area contributed by atoms with E-state index in [0.29, 0.717) is 13.1 Å². The minimum Gasteiger partial charge on any atom is -0.481 e. The molecule has 0 aromatic carbocycles. The van der Waals surface area contributed by atoms with E-state index in [1.165, 1.54) is 0 Å². The van der Waals surface area contributed by atoms with Gasteiger partial charge in [0.2, 0.25) is 0 Å². The Morgan fingerprint density at radius 1 is 1.58 bits per heavy atom. The minimum absolute atomic E-state index is 0.110. The maximum absolute atomic E-state index is 10.1. The minimum atomic E-state index is -0.813. The van der Waals surface area contributed by atoms with Crippen LogP contribution < -0.4 is 5.32 Å². The Morgan fingerprint density at radius 3 is 2.75 bits per heavy atom. The summed E-state index contributed by atoms with van der Waals surface area (Å²) < 4.78 is 0. The molecule has 0 aromatic rings. The van der Waals surface area contributed by atoms with E-state index in [1.807, 2.05) is 6.92 Å². The summed E-state index contributed by atoms with van der Waals surface area (Å²) in [7, 11) is 0. The van der Waals surface area contributed by atoms with E-state index < -0.39 is 5.97 Å². The van der Waals surface area contributed by atoms with Crippen LogP contribution in [0.15, 0.2) is 0 Å². The molecule has 0 bridgehead atoms. The van der Waals surface area contributed by atoms with Crippen molar-refractivity contribution in [2.24, 2.45) is 0 Å². The number of aliphatic hydroxyl groups is 1. The van der Waals surface area contributed by atoms with Crippen LogP contribution in [0.4, 0.5) is 0 Å². The zero-order valence-corrected chi connectivity index (χ0v) is 7.42. The van der Waals surface area contributed by atoms with Gasteiger partial charge in [-0.3, -0.25) is 4.79 Å². The fraction of sp³-hybridized carbons (Fsp3) is 0.875. The topological polar surface area (TPSA) is 69.6 Å². The smallest absolute Gasteiger partial charge is 0.304 e. The van der Waals surface area contributed by atoms with Crippen molar-refractivity contribution in [3.05, 3.63) is 0 Å². The van der Waals surface area contributed by atoms with Crippen molar-refractivity contribution in [2.45, 2.75) is 32.3 Å². The second-order valence-electron chi connectivity index (χ2n) is 2.79. The molecule has 3 N–H and O–H groups in total. The summed E-state index contributed by atoms with van der Waals surface area (Å²) >= 11 is 0. The van der Waals surface area contributed by atoms with Gasteiger partial charge in [-0.2, -0.15) is 0 Å². The van der Waals surface area contributed by atoms with Gasteiger partial charge >= 0.3 is 5.97 Å². The van der Waals surface area contributed by atoms with Crippen molar-refractivity contribution in [3.63, 3.8) is 0 Å². The lowest BCUT2D eigenvalue weighted by atomic mass is 10.2. The SMILES string of the molecule is CCCC(O)CNCCC(=O)O. The van der Waals surface area contributed by atoms with Gasteiger partial charge in [-0.05, 0) is 6.42 Å². The Labute approximate surface area is 72.6 Å². The third-order valence-electron chi connectivity index (χ3n) is 1.52. The number of carboxylic acid groups (broad SMARTS) is 1. The lowest BCUT2D eigenvalue weighted by molar-refractivity contribution is -0.136. The van der Waals surface area contributed by atoms with Crippen molar-refractivity contribution in [1.29, 1.82) is 0 Å². The molecule has 1 atom stereocenters. The molecule has 0 saturated heterocycles. The molecule has 0 fully saturated rings. The molecule has 0 saturated carbocycles. The van der Waals surface area contributed by atoms with E-state index in [1.54, 1.807) is 0 Å². The molecule has 0 aliphatic carbocycles. The van der Waals surface area contributed by atoms with Gasteiger partial charge in [0.05, 0.1) is 12.5 Å². The van der Waals surface area contributed by atoms with E-state index in [-0.39, 0.29) is 12.5 Å². The molecular weight excluding hydrogens is 158 g/mol. The van der Waals surface area contributed by atoms with E-state index >= 15 is 0 Å². The molecule has 0 heterocycles. The standard InChI is InChI=1S/C8H17NO3/c1-2-3-7(10)6-9-5-4-8(11)12/h7,9-10H,2-6H2,1H3,(H,11,12). The number of rotatable bonds is 7. The Morgan fingerprint density at radius 2 is 2.25 bits per heavy atom. The average Bonchev–Trinajstić information content (AvgIpc) is 1.98. The highest BCUT2D eigenvalue weighted by Gasteiger charge is 2.01. The molecule has 4 nitrogen and oxygen atoms in total. The first-order valence-electron chi connectivity index (χ1n) is 4.27. The van der Waals surface area contributed by atoms with Gasteiger partial charge in [-0.25, -0.2) is 0 Å². The fourth-order valence-corrected chi connectivity index (χ4v) is 0.899. The highest BCUT2D eigenvalue weighted by atomic mass is 16.4. The second kappa shape index (κ2) is 7.06. The molecule has 0 aliphatic heterocycles. The van der Waals surface area contributed by atoms with E-state index in [2.05, 4.69) is 5.32 Å². The molecule has 0 aromatic heterocycles. The first-order chi connectivity index (χ1) is 5.66. The van der Waals surface area contributed by atoms with Crippen LogP contribution >= 0.6 is 0 Å². The molecule has 0 radical (unpaired) electrons. The molecule has 12 heavy (non-hydrogen) atoms. The second-order valence-corrected chi connectivity index (χ2v) is 2.79. The summed E-state index contributed by atoms with van der Waals surface area (Å²) in [6, 6.07) is 0. The summed E-state index contributed by atoms with van der Waals surface area (Å²) in [6.07, 6.45) is 1.48. The molecule has 1 unspecified atom stereocenters. The molecule has 0 amide bonds. The van der Waals surface area contributed by atoms with Crippen LogP contribution in [0.25, 0.3) is 0 Å². The monoisotopic (exact) mass is 175 g/mol. The number of carbonyl (C=O) groups is 1. The number of aliphatic carboxylic acids is 1. The molecule has 0 aliphatic rings. The maximum atomic E-state index is 10.1. The first-order valence-corrected chi connectivity index (χ1v) is 4.27. The quantitative estimate of drug-likeness (QED) is 0.484. The predicted octanol–water partition coefficient (Wildman–Crippen LogP) is 0.212. The summed E-state index contributed by atoms with van der Waals surface area (Å²) in [5.74, 6) is -0.813. The summed E-state index contributed by atoms with van der Waals surface area (Å²) in [5, 5.41) is 20.4. The lowest BCUT2D eigenvalue weighted by Gasteiger charge is -2.09. The molecule has 0 rings (SSSR count). The molecule has 4 heteroatoms. The van der Waals surface area contributed by atoms with Gasteiger partial charge in [0.25, 0.3) is 0 Å². The highest BCUT2D eigenvalue weighted by Crippen LogP contribution is 1.93. The largest absolute Gasteiger partial charge is 0.481 e. The van der Waals surface area contributed by atoms with Crippen molar-refractivity contribution < 1.29 is 15.0 Å². The van der Waals surface area contributed by atoms with Crippen molar-refractivity contribution in [3.8, 4) is 0 Å². The van der Waals surface area contributed by atoms with Gasteiger partial charge in [0, 0.05) is 13.1 Å². The van der Waals surface area contributed by atoms with E-state index in [4.69, 9.17) is 5.11 Å². The van der Waals surface area contributed by atoms with Crippen molar-refractivity contribution in [2.75, 3.05) is 13.1 Å². The number of hydrogen-bond donors (Lipinski definition) is 3. The van der Waals surface area contributed by atoms with Gasteiger partial charge in [-0.1, -0.05) is 13.3 Å².